The van der Waals surface area contributed by atoms with Crippen molar-refractivity contribution in [2.75, 3.05) is 19.6 Å². The van der Waals surface area contributed by atoms with E-state index in [0.29, 0.717) is 18.7 Å². The maximum Gasteiger partial charge on any atom is 0.254 e. The lowest BCUT2D eigenvalue weighted by atomic mass is 10.1. The summed E-state index contributed by atoms with van der Waals surface area (Å²) in [5, 5.41) is 7.59. The second kappa shape index (κ2) is 7.72. The van der Waals surface area contributed by atoms with Crippen molar-refractivity contribution in [1.82, 2.24) is 29.5 Å². The van der Waals surface area contributed by atoms with E-state index in [-0.39, 0.29) is 24.4 Å². The van der Waals surface area contributed by atoms with Gasteiger partial charge in [-0.05, 0) is 24.3 Å². The number of piperazine rings is 1. The molecule has 0 bridgehead atoms. The summed E-state index contributed by atoms with van der Waals surface area (Å²) in [7, 11) is 1.96. The third-order valence-electron chi connectivity index (χ3n) is 4.52. The topological polar surface area (TPSA) is 68.0 Å². The molecule has 0 saturated carbocycles. The molecule has 1 atom stereocenters. The predicted octanol–water partition coefficient (Wildman–Crippen LogP) is 1.81. The fraction of sp³-hybridized carbons (Fsp3) is 0.278. The number of nitrogens with zero attached hydrogens (tertiary/aromatic N) is 5. The molecular formula is C18H21ClN6O. The molecule has 1 saturated heterocycles. The average molecular weight is 373 g/mol. The van der Waals surface area contributed by atoms with Gasteiger partial charge in [0.05, 0.1) is 5.69 Å². The summed E-state index contributed by atoms with van der Waals surface area (Å²) in [6, 6.07) is 9.36. The lowest BCUT2D eigenvalue weighted by molar-refractivity contribution is 0.0621. The van der Waals surface area contributed by atoms with Crippen molar-refractivity contribution in [3.05, 3.63) is 66.5 Å². The zero-order valence-corrected chi connectivity index (χ0v) is 15.3. The molecule has 1 amide bonds. The molecule has 1 aromatic carbocycles. The van der Waals surface area contributed by atoms with E-state index in [1.54, 1.807) is 17.1 Å². The first kappa shape index (κ1) is 18.2. The van der Waals surface area contributed by atoms with E-state index < -0.39 is 0 Å². The second-order valence-electron chi connectivity index (χ2n) is 6.12. The fourth-order valence-corrected chi connectivity index (χ4v) is 3.25. The molecule has 8 heteroatoms. The minimum absolute atomic E-state index is 0. The summed E-state index contributed by atoms with van der Waals surface area (Å²) in [5.74, 6) is 0.910. The molecule has 1 unspecified atom stereocenters. The Morgan fingerprint density at radius 3 is 2.85 bits per heavy atom. The highest BCUT2D eigenvalue weighted by Gasteiger charge is 2.31. The minimum atomic E-state index is -0.0744. The van der Waals surface area contributed by atoms with Crippen LogP contribution in [0.5, 0.6) is 0 Å². The van der Waals surface area contributed by atoms with E-state index in [4.69, 9.17) is 0 Å². The number of imidazole rings is 1. The molecule has 26 heavy (non-hydrogen) atoms. The first-order valence-electron chi connectivity index (χ1n) is 8.33. The van der Waals surface area contributed by atoms with Crippen molar-refractivity contribution in [3.63, 3.8) is 0 Å². The van der Waals surface area contributed by atoms with Crippen LogP contribution in [0.3, 0.4) is 0 Å². The maximum absolute atomic E-state index is 13.2. The number of nitrogens with one attached hydrogen (secondary N) is 1. The van der Waals surface area contributed by atoms with Crippen LogP contribution in [0.15, 0.2) is 55.1 Å². The summed E-state index contributed by atoms with van der Waals surface area (Å²) in [5.41, 5.74) is 1.54. The molecular weight excluding hydrogens is 352 g/mol. The highest BCUT2D eigenvalue weighted by molar-refractivity contribution is 5.95. The van der Waals surface area contributed by atoms with Crippen LogP contribution in [-0.4, -0.2) is 49.8 Å². The lowest BCUT2D eigenvalue weighted by Gasteiger charge is -2.35. The number of rotatable bonds is 3. The number of halogens is 1. The number of amides is 1. The van der Waals surface area contributed by atoms with E-state index in [1.807, 2.05) is 59.2 Å². The van der Waals surface area contributed by atoms with Gasteiger partial charge in [0.2, 0.25) is 0 Å². The predicted molar refractivity (Wildman–Crippen MR) is 101 cm³/mol. The molecule has 4 rings (SSSR count). The van der Waals surface area contributed by atoms with E-state index in [1.165, 1.54) is 0 Å². The van der Waals surface area contributed by atoms with Crippen LogP contribution in [0.2, 0.25) is 0 Å². The van der Waals surface area contributed by atoms with Gasteiger partial charge in [0.1, 0.15) is 11.9 Å². The summed E-state index contributed by atoms with van der Waals surface area (Å²) >= 11 is 0. The number of aromatic nitrogens is 4. The molecule has 1 aliphatic rings. The van der Waals surface area contributed by atoms with E-state index in [2.05, 4.69) is 15.4 Å². The van der Waals surface area contributed by atoms with Gasteiger partial charge in [0.25, 0.3) is 5.91 Å². The molecule has 2 aromatic heterocycles. The van der Waals surface area contributed by atoms with Crippen molar-refractivity contribution in [2.45, 2.75) is 6.04 Å². The Balaban J connectivity index is 0.00000196. The molecule has 3 aromatic rings. The molecule has 3 heterocycles. The normalized spacial score (nSPS) is 17.0. The van der Waals surface area contributed by atoms with Crippen LogP contribution in [-0.2, 0) is 7.05 Å². The van der Waals surface area contributed by atoms with Crippen LogP contribution in [0.1, 0.15) is 22.2 Å². The van der Waals surface area contributed by atoms with Gasteiger partial charge in [-0.2, -0.15) is 5.10 Å². The largest absolute Gasteiger partial charge is 0.336 e. The number of carbonyl (C=O) groups excluding carboxylic acids is 1. The number of carbonyl (C=O) groups is 1. The molecule has 0 spiro atoms. The number of aryl methyl sites for hydroxylation is 1. The van der Waals surface area contributed by atoms with Gasteiger partial charge in [0.15, 0.2) is 0 Å². The first-order chi connectivity index (χ1) is 12.2. The summed E-state index contributed by atoms with van der Waals surface area (Å²) < 4.78 is 3.73. The van der Waals surface area contributed by atoms with Crippen molar-refractivity contribution < 1.29 is 4.79 Å². The van der Waals surface area contributed by atoms with Gasteiger partial charge < -0.3 is 14.8 Å². The second-order valence-corrected chi connectivity index (χ2v) is 6.12. The first-order valence-corrected chi connectivity index (χ1v) is 8.33. The molecule has 7 nitrogen and oxygen atoms in total. The van der Waals surface area contributed by atoms with Crippen LogP contribution in [0.4, 0.5) is 0 Å². The van der Waals surface area contributed by atoms with Crippen LogP contribution in [0.25, 0.3) is 5.69 Å². The zero-order valence-electron chi connectivity index (χ0n) is 14.4. The van der Waals surface area contributed by atoms with Crippen molar-refractivity contribution in [3.8, 4) is 5.69 Å². The van der Waals surface area contributed by atoms with Gasteiger partial charge in [-0.15, -0.1) is 12.4 Å². The summed E-state index contributed by atoms with van der Waals surface area (Å²) in [4.78, 5) is 19.5. The van der Waals surface area contributed by atoms with Crippen LogP contribution < -0.4 is 5.32 Å². The lowest BCUT2D eigenvalue weighted by Crippen LogP contribution is -2.49. The van der Waals surface area contributed by atoms with E-state index >= 15 is 0 Å². The zero-order chi connectivity index (χ0) is 17.2. The standard InChI is InChI=1S/C18H20N6O.ClH/c1-22-10-8-20-17(22)16-13-19-7-11-23(16)18(25)14-4-2-5-15(12-14)24-9-3-6-21-24;/h2-6,8-10,12,16,19H,7,11,13H2,1H3;1H. The maximum atomic E-state index is 13.2. The van der Waals surface area contributed by atoms with Gasteiger partial charge in [0, 0.05) is 57.0 Å². The Bertz CT molecular complexity index is 875. The summed E-state index contributed by atoms with van der Waals surface area (Å²) in [6.07, 6.45) is 7.27. The van der Waals surface area contributed by atoms with Crippen LogP contribution in [0, 0.1) is 0 Å². The third-order valence-corrected chi connectivity index (χ3v) is 4.52. The van der Waals surface area contributed by atoms with Crippen LogP contribution >= 0.6 is 12.4 Å². The molecule has 1 fully saturated rings. The SMILES string of the molecule is Cl.Cn1ccnc1C1CNCCN1C(=O)c1cccc(-n2cccn2)c1. The Kier molecular flexibility index (Phi) is 5.39. The minimum Gasteiger partial charge on any atom is -0.336 e. The molecule has 136 valence electrons. The monoisotopic (exact) mass is 372 g/mol. The molecule has 1 N–H and O–H groups in total. The number of hydrogen-bond donors (Lipinski definition) is 1. The molecule has 0 aliphatic carbocycles. The Morgan fingerprint density at radius 2 is 2.12 bits per heavy atom. The van der Waals surface area contributed by atoms with E-state index in [9.17, 15) is 4.79 Å². The highest BCUT2D eigenvalue weighted by Crippen LogP contribution is 2.23. The Hall–Kier alpha value is -2.64. The van der Waals surface area contributed by atoms with Crippen molar-refractivity contribution in [2.24, 2.45) is 7.05 Å². The number of benzene rings is 1. The Labute approximate surface area is 158 Å². The van der Waals surface area contributed by atoms with Crippen molar-refractivity contribution >= 4 is 18.3 Å². The third kappa shape index (κ3) is 3.36. The van der Waals surface area contributed by atoms with Gasteiger partial charge in [-0.1, -0.05) is 6.07 Å². The molecule has 0 radical (unpaired) electrons. The highest BCUT2D eigenvalue weighted by atomic mass is 35.5. The smallest absolute Gasteiger partial charge is 0.254 e. The average Bonchev–Trinajstić information content (AvgIpc) is 3.33. The summed E-state index contributed by atoms with van der Waals surface area (Å²) in [6.45, 7) is 2.14. The number of hydrogen-bond acceptors (Lipinski definition) is 4. The van der Waals surface area contributed by atoms with Gasteiger partial charge in [-0.3, -0.25) is 4.79 Å². The van der Waals surface area contributed by atoms with Gasteiger partial charge >= 0.3 is 0 Å². The van der Waals surface area contributed by atoms with E-state index in [0.717, 1.165) is 18.1 Å². The Morgan fingerprint density at radius 1 is 1.23 bits per heavy atom. The van der Waals surface area contributed by atoms with Crippen molar-refractivity contribution in [1.29, 1.82) is 0 Å². The fourth-order valence-electron chi connectivity index (χ4n) is 3.25. The van der Waals surface area contributed by atoms with Gasteiger partial charge in [-0.25, -0.2) is 9.67 Å². The quantitative estimate of drug-likeness (QED) is 0.761. The molecule has 1 aliphatic heterocycles.